The molecule has 6 nitrogen and oxygen atoms in total. The number of carbonyl (C=O) groups is 1. The molecule has 2 rings (SSSR count). The fourth-order valence-corrected chi connectivity index (χ4v) is 2.10. The van der Waals surface area contributed by atoms with Crippen molar-refractivity contribution in [1.29, 1.82) is 0 Å². The lowest BCUT2D eigenvalue weighted by atomic mass is 10.1. The zero-order valence-electron chi connectivity index (χ0n) is 12.3. The van der Waals surface area contributed by atoms with Crippen LogP contribution in [0.4, 0.5) is 10.1 Å². The molecular formula is C16H15FN2O4. The highest BCUT2D eigenvalue weighted by atomic mass is 19.1. The first-order valence-corrected chi connectivity index (χ1v) is 6.85. The number of aliphatic hydroxyl groups is 1. The van der Waals surface area contributed by atoms with Gasteiger partial charge in [0.05, 0.1) is 11.0 Å². The molecule has 0 fully saturated rings. The average Bonchev–Trinajstić information content (AvgIpc) is 2.52. The molecule has 0 aliphatic carbocycles. The lowest BCUT2D eigenvalue weighted by Gasteiger charge is -2.13. The largest absolute Gasteiger partial charge is 0.387 e. The summed E-state index contributed by atoms with van der Waals surface area (Å²) in [7, 11) is 0. The Kier molecular flexibility index (Phi) is 5.02. The number of hydrogen-bond acceptors (Lipinski definition) is 4. The van der Waals surface area contributed by atoms with Gasteiger partial charge in [-0.2, -0.15) is 0 Å². The number of nitro benzene ring substituents is 1. The maximum atomic E-state index is 12.8. The summed E-state index contributed by atoms with van der Waals surface area (Å²) < 4.78 is 12.8. The second-order valence-corrected chi connectivity index (χ2v) is 5.03. The van der Waals surface area contributed by atoms with Crippen LogP contribution < -0.4 is 5.32 Å². The molecule has 0 aromatic heterocycles. The molecule has 2 aromatic carbocycles. The maximum Gasteiger partial charge on any atom is 0.269 e. The molecular weight excluding hydrogens is 303 g/mol. The molecule has 0 saturated heterocycles. The molecule has 0 aliphatic heterocycles. The van der Waals surface area contributed by atoms with Gasteiger partial charge in [0, 0.05) is 24.2 Å². The summed E-state index contributed by atoms with van der Waals surface area (Å²) in [6.45, 7) is 1.54. The number of nitro groups is 1. The van der Waals surface area contributed by atoms with E-state index in [2.05, 4.69) is 5.32 Å². The first-order chi connectivity index (χ1) is 10.9. The van der Waals surface area contributed by atoms with Crippen molar-refractivity contribution in [3.63, 3.8) is 0 Å². The second-order valence-electron chi connectivity index (χ2n) is 5.03. The van der Waals surface area contributed by atoms with Gasteiger partial charge in [-0.15, -0.1) is 0 Å². The van der Waals surface area contributed by atoms with Crippen molar-refractivity contribution in [1.82, 2.24) is 5.32 Å². The van der Waals surface area contributed by atoms with E-state index in [0.29, 0.717) is 16.7 Å². The molecule has 2 N–H and O–H groups in total. The Hall–Kier alpha value is -2.80. The van der Waals surface area contributed by atoms with Crippen LogP contribution in [0, 0.1) is 22.9 Å². The SMILES string of the molecule is Cc1cc([N+](=O)[O-])ccc1C(=O)NCC(O)c1ccc(F)cc1. The number of non-ortho nitro benzene ring substituents is 1. The minimum atomic E-state index is -0.974. The molecule has 0 aliphatic rings. The van der Waals surface area contributed by atoms with E-state index < -0.39 is 22.8 Å². The third-order valence-electron chi connectivity index (χ3n) is 3.38. The highest BCUT2D eigenvalue weighted by Gasteiger charge is 2.15. The van der Waals surface area contributed by atoms with Crippen LogP contribution in [0.1, 0.15) is 27.6 Å². The zero-order chi connectivity index (χ0) is 17.0. The Morgan fingerprint density at radius 3 is 2.52 bits per heavy atom. The van der Waals surface area contributed by atoms with E-state index in [1.54, 1.807) is 6.92 Å². The number of hydrogen-bond donors (Lipinski definition) is 2. The third-order valence-corrected chi connectivity index (χ3v) is 3.38. The van der Waals surface area contributed by atoms with E-state index in [1.807, 2.05) is 0 Å². The summed E-state index contributed by atoms with van der Waals surface area (Å²) >= 11 is 0. The van der Waals surface area contributed by atoms with Gasteiger partial charge in [0.1, 0.15) is 5.82 Å². The highest BCUT2D eigenvalue weighted by Crippen LogP contribution is 2.17. The van der Waals surface area contributed by atoms with Gasteiger partial charge < -0.3 is 10.4 Å². The standard InChI is InChI=1S/C16H15FN2O4/c1-10-8-13(19(22)23)6-7-14(10)16(21)18-9-15(20)11-2-4-12(17)5-3-11/h2-8,15,20H,9H2,1H3,(H,18,21). The quantitative estimate of drug-likeness (QED) is 0.654. The molecule has 2 aromatic rings. The topological polar surface area (TPSA) is 92.5 Å². The Balaban J connectivity index is 2.02. The number of aliphatic hydroxyl groups excluding tert-OH is 1. The van der Waals surface area contributed by atoms with Crippen LogP contribution in [0.2, 0.25) is 0 Å². The fraction of sp³-hybridized carbons (Fsp3) is 0.188. The van der Waals surface area contributed by atoms with Crippen LogP contribution in [0.25, 0.3) is 0 Å². The number of carbonyl (C=O) groups excluding carboxylic acids is 1. The Bertz CT molecular complexity index is 731. The van der Waals surface area contributed by atoms with Crippen molar-refractivity contribution in [2.24, 2.45) is 0 Å². The fourth-order valence-electron chi connectivity index (χ4n) is 2.10. The molecule has 1 atom stereocenters. The van der Waals surface area contributed by atoms with Crippen molar-refractivity contribution in [3.05, 3.63) is 75.1 Å². The summed E-state index contributed by atoms with van der Waals surface area (Å²) in [6.07, 6.45) is -0.974. The van der Waals surface area contributed by atoms with Crippen molar-refractivity contribution in [2.75, 3.05) is 6.54 Å². The molecule has 7 heteroatoms. The number of nitrogens with zero attached hydrogens (tertiary/aromatic N) is 1. The van der Waals surface area contributed by atoms with E-state index in [0.717, 1.165) is 0 Å². The predicted molar refractivity (Wildman–Crippen MR) is 81.5 cm³/mol. The number of aryl methyl sites for hydroxylation is 1. The summed E-state index contributed by atoms with van der Waals surface area (Å²) in [4.78, 5) is 22.2. The number of rotatable bonds is 5. The van der Waals surface area contributed by atoms with E-state index >= 15 is 0 Å². The average molecular weight is 318 g/mol. The highest BCUT2D eigenvalue weighted by molar-refractivity contribution is 5.95. The van der Waals surface area contributed by atoms with E-state index in [-0.39, 0.29) is 12.2 Å². The van der Waals surface area contributed by atoms with Crippen molar-refractivity contribution in [2.45, 2.75) is 13.0 Å². The minimum Gasteiger partial charge on any atom is -0.387 e. The Morgan fingerprint density at radius 1 is 1.30 bits per heavy atom. The predicted octanol–water partition coefficient (Wildman–Crippen LogP) is 2.51. The normalized spacial score (nSPS) is 11.8. The van der Waals surface area contributed by atoms with Crippen LogP contribution in [0.5, 0.6) is 0 Å². The monoisotopic (exact) mass is 318 g/mol. The number of amides is 1. The minimum absolute atomic E-state index is 0.0547. The van der Waals surface area contributed by atoms with E-state index in [1.165, 1.54) is 42.5 Å². The van der Waals surface area contributed by atoms with Crippen LogP contribution in [0.15, 0.2) is 42.5 Å². The lowest BCUT2D eigenvalue weighted by Crippen LogP contribution is -2.28. The van der Waals surface area contributed by atoms with Crippen LogP contribution in [0.3, 0.4) is 0 Å². The summed E-state index contributed by atoms with van der Waals surface area (Å²) in [5.41, 5.74) is 1.15. The van der Waals surface area contributed by atoms with Gasteiger partial charge >= 0.3 is 0 Å². The molecule has 23 heavy (non-hydrogen) atoms. The molecule has 0 spiro atoms. The van der Waals surface area contributed by atoms with Crippen LogP contribution >= 0.6 is 0 Å². The van der Waals surface area contributed by atoms with Crippen LogP contribution in [-0.2, 0) is 0 Å². The van der Waals surface area contributed by atoms with Crippen molar-refractivity contribution >= 4 is 11.6 Å². The molecule has 1 amide bonds. The number of nitrogens with one attached hydrogen (secondary N) is 1. The first kappa shape index (κ1) is 16.6. The number of halogens is 1. The van der Waals surface area contributed by atoms with Gasteiger partial charge in [-0.05, 0) is 36.2 Å². The van der Waals surface area contributed by atoms with Gasteiger partial charge in [-0.1, -0.05) is 12.1 Å². The molecule has 1 unspecified atom stereocenters. The summed E-state index contributed by atoms with van der Waals surface area (Å²) in [5.74, 6) is -0.856. The molecule has 0 bridgehead atoms. The maximum absolute atomic E-state index is 12.8. The van der Waals surface area contributed by atoms with Gasteiger partial charge in [-0.3, -0.25) is 14.9 Å². The molecule has 0 radical (unpaired) electrons. The molecule has 120 valence electrons. The Morgan fingerprint density at radius 2 is 1.96 bits per heavy atom. The first-order valence-electron chi connectivity index (χ1n) is 6.85. The Labute approximate surface area is 131 Å². The summed E-state index contributed by atoms with van der Waals surface area (Å²) in [6, 6.07) is 9.24. The van der Waals surface area contributed by atoms with Gasteiger partial charge in [0.15, 0.2) is 0 Å². The van der Waals surface area contributed by atoms with Gasteiger partial charge in [-0.25, -0.2) is 4.39 Å². The van der Waals surface area contributed by atoms with Gasteiger partial charge in [0.25, 0.3) is 11.6 Å². The lowest BCUT2D eigenvalue weighted by molar-refractivity contribution is -0.384. The third kappa shape index (κ3) is 4.10. The smallest absolute Gasteiger partial charge is 0.269 e. The number of benzene rings is 2. The molecule has 0 heterocycles. The van der Waals surface area contributed by atoms with E-state index in [4.69, 9.17) is 0 Å². The second kappa shape index (κ2) is 6.97. The molecule has 0 saturated carbocycles. The van der Waals surface area contributed by atoms with Gasteiger partial charge in [0.2, 0.25) is 0 Å². The van der Waals surface area contributed by atoms with Crippen molar-refractivity contribution < 1.29 is 19.2 Å². The summed E-state index contributed by atoms with van der Waals surface area (Å²) in [5, 5.41) is 23.2. The van der Waals surface area contributed by atoms with Crippen LogP contribution in [-0.4, -0.2) is 22.5 Å². The van der Waals surface area contributed by atoms with E-state index in [9.17, 15) is 24.4 Å². The zero-order valence-corrected chi connectivity index (χ0v) is 12.3. The van der Waals surface area contributed by atoms with Crippen molar-refractivity contribution in [3.8, 4) is 0 Å².